The zero-order valence-electron chi connectivity index (χ0n) is 11.0. The van der Waals surface area contributed by atoms with E-state index >= 15 is 0 Å². The van der Waals surface area contributed by atoms with Crippen LogP contribution in [0.25, 0.3) is 0 Å². The minimum absolute atomic E-state index is 0.00235. The zero-order chi connectivity index (χ0) is 13.9. The van der Waals surface area contributed by atoms with E-state index in [1.54, 1.807) is 6.07 Å². The van der Waals surface area contributed by atoms with Crippen molar-refractivity contribution >= 4 is 21.4 Å². The van der Waals surface area contributed by atoms with E-state index in [9.17, 15) is 8.42 Å². The van der Waals surface area contributed by atoms with Gasteiger partial charge in [-0.2, -0.15) is 0 Å². The summed E-state index contributed by atoms with van der Waals surface area (Å²) in [6, 6.07) is 5.62. The minimum atomic E-state index is -2.91. The van der Waals surface area contributed by atoms with Gasteiger partial charge in [-0.3, -0.25) is 0 Å². The maximum Gasteiger partial charge on any atom is 0.148 e. The summed E-state index contributed by atoms with van der Waals surface area (Å²) in [5.41, 5.74) is 0.960. The van der Waals surface area contributed by atoms with E-state index in [0.717, 1.165) is 25.0 Å². The lowest BCUT2D eigenvalue weighted by Crippen LogP contribution is -2.53. The van der Waals surface area contributed by atoms with Crippen molar-refractivity contribution < 1.29 is 8.42 Å². The molecular formula is C13H19ClN2O2S. The maximum atomic E-state index is 11.2. The van der Waals surface area contributed by atoms with Crippen LogP contribution in [0.4, 0.5) is 0 Å². The van der Waals surface area contributed by atoms with Crippen molar-refractivity contribution in [2.75, 3.05) is 18.6 Å². The van der Waals surface area contributed by atoms with Crippen molar-refractivity contribution in [2.45, 2.75) is 31.2 Å². The number of sulfone groups is 1. The fourth-order valence-electron chi connectivity index (χ4n) is 2.42. The van der Waals surface area contributed by atoms with Gasteiger partial charge in [0, 0.05) is 30.5 Å². The van der Waals surface area contributed by atoms with Gasteiger partial charge in [-0.1, -0.05) is 17.7 Å². The first-order valence-electron chi connectivity index (χ1n) is 6.43. The van der Waals surface area contributed by atoms with Crippen molar-refractivity contribution in [3.63, 3.8) is 0 Å². The van der Waals surface area contributed by atoms with E-state index in [2.05, 4.69) is 10.3 Å². The van der Waals surface area contributed by atoms with Crippen LogP contribution in [-0.2, 0) is 16.3 Å². The number of hydrogen-bond acceptors (Lipinski definition) is 4. The van der Waals surface area contributed by atoms with Gasteiger partial charge in [0.2, 0.25) is 0 Å². The van der Waals surface area contributed by atoms with Crippen LogP contribution in [0.3, 0.4) is 0 Å². The van der Waals surface area contributed by atoms with Crippen LogP contribution in [0, 0.1) is 0 Å². The van der Waals surface area contributed by atoms with E-state index in [1.807, 2.05) is 12.1 Å². The molecule has 1 heterocycles. The predicted octanol–water partition coefficient (Wildman–Crippen LogP) is 1.83. The third-order valence-corrected chi connectivity index (χ3v) is 4.73. The van der Waals surface area contributed by atoms with Gasteiger partial charge in [-0.25, -0.2) is 13.4 Å². The van der Waals surface area contributed by atoms with Crippen LogP contribution in [0.2, 0.25) is 5.15 Å². The Morgan fingerprint density at radius 3 is 2.68 bits per heavy atom. The lowest BCUT2D eigenvalue weighted by molar-refractivity contribution is 0.186. The molecule has 1 aliphatic rings. The summed E-state index contributed by atoms with van der Waals surface area (Å²) in [6.45, 7) is 0.499. The fourth-order valence-corrected chi connectivity index (χ4v) is 3.07. The highest BCUT2D eigenvalue weighted by molar-refractivity contribution is 7.90. The molecular weight excluding hydrogens is 284 g/mol. The first-order valence-corrected chi connectivity index (χ1v) is 8.87. The van der Waals surface area contributed by atoms with Crippen molar-refractivity contribution in [1.29, 1.82) is 0 Å². The van der Waals surface area contributed by atoms with Gasteiger partial charge in [-0.05, 0) is 31.4 Å². The van der Waals surface area contributed by atoms with Crippen molar-refractivity contribution in [3.05, 3.63) is 29.0 Å². The molecule has 6 heteroatoms. The molecule has 1 aliphatic carbocycles. The molecule has 0 saturated heterocycles. The number of nitrogens with zero attached hydrogens (tertiary/aromatic N) is 1. The van der Waals surface area contributed by atoms with Crippen molar-refractivity contribution in [2.24, 2.45) is 0 Å². The molecule has 0 atom stereocenters. The molecule has 0 unspecified atom stereocenters. The summed E-state index contributed by atoms with van der Waals surface area (Å²) in [6.07, 6.45) is 5.36. The highest BCUT2D eigenvalue weighted by Crippen LogP contribution is 2.34. The lowest BCUT2D eigenvalue weighted by atomic mass is 9.73. The Hall–Kier alpha value is -0.650. The number of rotatable bonds is 6. The normalized spacial score (nSPS) is 18.0. The summed E-state index contributed by atoms with van der Waals surface area (Å²) in [7, 11) is -2.91. The molecule has 4 nitrogen and oxygen atoms in total. The Morgan fingerprint density at radius 2 is 2.16 bits per heavy atom. The SMILES string of the molecule is CS(=O)(=O)CCNC1(Cc2cccc(Cl)n2)CCC1. The maximum absolute atomic E-state index is 11.2. The van der Waals surface area contributed by atoms with Gasteiger partial charge in [0.05, 0.1) is 5.75 Å². The molecule has 1 saturated carbocycles. The molecule has 1 aromatic rings. The molecule has 1 aromatic heterocycles. The van der Waals surface area contributed by atoms with Crippen LogP contribution in [0.15, 0.2) is 18.2 Å². The third-order valence-electron chi connectivity index (χ3n) is 3.58. The summed E-state index contributed by atoms with van der Waals surface area (Å²) in [5.74, 6) is 0.178. The van der Waals surface area contributed by atoms with E-state index in [-0.39, 0.29) is 11.3 Å². The van der Waals surface area contributed by atoms with Crippen molar-refractivity contribution in [3.8, 4) is 0 Å². The molecule has 1 fully saturated rings. The second-order valence-electron chi connectivity index (χ2n) is 5.32. The average molecular weight is 303 g/mol. The lowest BCUT2D eigenvalue weighted by Gasteiger charge is -2.43. The summed E-state index contributed by atoms with van der Waals surface area (Å²) >= 11 is 5.89. The van der Waals surface area contributed by atoms with Gasteiger partial charge in [-0.15, -0.1) is 0 Å². The molecule has 106 valence electrons. The number of aromatic nitrogens is 1. The second kappa shape index (κ2) is 5.77. The molecule has 0 aliphatic heterocycles. The van der Waals surface area contributed by atoms with Crippen LogP contribution in [0.1, 0.15) is 25.0 Å². The van der Waals surface area contributed by atoms with Crippen LogP contribution in [-0.4, -0.2) is 37.5 Å². The van der Waals surface area contributed by atoms with E-state index < -0.39 is 9.84 Å². The Kier molecular flexibility index (Phi) is 4.48. The minimum Gasteiger partial charge on any atom is -0.310 e. The Morgan fingerprint density at radius 1 is 1.42 bits per heavy atom. The first kappa shape index (κ1) is 14.8. The summed E-state index contributed by atoms with van der Waals surface area (Å²) in [5, 5.41) is 3.90. The quantitative estimate of drug-likeness (QED) is 0.815. The molecule has 2 rings (SSSR count). The summed E-state index contributed by atoms with van der Waals surface area (Å²) < 4.78 is 22.3. The molecule has 0 bridgehead atoms. The van der Waals surface area contributed by atoms with Crippen LogP contribution < -0.4 is 5.32 Å². The van der Waals surface area contributed by atoms with Gasteiger partial charge in [0.25, 0.3) is 0 Å². The van der Waals surface area contributed by atoms with Gasteiger partial charge in [0.1, 0.15) is 15.0 Å². The standard InChI is InChI=1S/C13H19ClN2O2S/c1-19(17,18)9-8-15-13(6-3-7-13)10-11-4-2-5-12(14)16-11/h2,4-5,15H,3,6-10H2,1H3. The topological polar surface area (TPSA) is 59.1 Å². The van der Waals surface area contributed by atoms with E-state index in [4.69, 9.17) is 11.6 Å². The average Bonchev–Trinajstić information content (AvgIpc) is 2.24. The van der Waals surface area contributed by atoms with Gasteiger partial charge < -0.3 is 5.32 Å². The Labute approximate surface area is 119 Å². The Bertz CT molecular complexity index is 541. The summed E-state index contributed by atoms with van der Waals surface area (Å²) in [4.78, 5) is 4.30. The zero-order valence-corrected chi connectivity index (χ0v) is 12.6. The molecule has 0 radical (unpaired) electrons. The monoisotopic (exact) mass is 302 g/mol. The number of nitrogens with one attached hydrogen (secondary N) is 1. The smallest absolute Gasteiger partial charge is 0.148 e. The fraction of sp³-hybridized carbons (Fsp3) is 0.615. The molecule has 0 spiro atoms. The highest BCUT2D eigenvalue weighted by atomic mass is 35.5. The highest BCUT2D eigenvalue weighted by Gasteiger charge is 2.36. The third kappa shape index (κ3) is 4.44. The van der Waals surface area contributed by atoms with E-state index in [0.29, 0.717) is 11.7 Å². The Balaban J connectivity index is 1.95. The molecule has 0 aromatic carbocycles. The largest absolute Gasteiger partial charge is 0.310 e. The van der Waals surface area contributed by atoms with Gasteiger partial charge >= 0.3 is 0 Å². The number of halogens is 1. The predicted molar refractivity (Wildman–Crippen MR) is 77.2 cm³/mol. The van der Waals surface area contributed by atoms with Crippen LogP contribution >= 0.6 is 11.6 Å². The molecule has 1 N–H and O–H groups in total. The number of hydrogen-bond donors (Lipinski definition) is 1. The molecule has 0 amide bonds. The molecule has 19 heavy (non-hydrogen) atoms. The van der Waals surface area contributed by atoms with E-state index in [1.165, 1.54) is 12.7 Å². The second-order valence-corrected chi connectivity index (χ2v) is 7.97. The van der Waals surface area contributed by atoms with Gasteiger partial charge in [0.15, 0.2) is 0 Å². The first-order chi connectivity index (χ1) is 8.89. The van der Waals surface area contributed by atoms with Crippen molar-refractivity contribution in [1.82, 2.24) is 10.3 Å². The van der Waals surface area contributed by atoms with Crippen LogP contribution in [0.5, 0.6) is 0 Å². The number of pyridine rings is 1.